The number of benzene rings is 2. The molecule has 1 aliphatic carbocycles. The molecule has 0 radical (unpaired) electrons. The number of anilines is 1. The predicted octanol–water partition coefficient (Wildman–Crippen LogP) is 4.19. The Morgan fingerprint density at radius 1 is 1.22 bits per heavy atom. The van der Waals surface area contributed by atoms with Gasteiger partial charge in [0.1, 0.15) is 0 Å². The molecule has 1 fully saturated rings. The number of ether oxygens (including phenoxy) is 1. The van der Waals surface area contributed by atoms with Gasteiger partial charge in [-0.05, 0) is 42.7 Å². The van der Waals surface area contributed by atoms with Crippen molar-refractivity contribution in [2.45, 2.75) is 31.1 Å². The summed E-state index contributed by atoms with van der Waals surface area (Å²) in [5.74, 6) is -0.358. The van der Waals surface area contributed by atoms with Crippen LogP contribution in [0.4, 0.5) is 11.4 Å². The fourth-order valence-corrected chi connectivity index (χ4v) is 3.49. The molecule has 3 rings (SSSR count). The van der Waals surface area contributed by atoms with E-state index in [1.165, 1.54) is 25.3 Å². The first kappa shape index (κ1) is 18.4. The third kappa shape index (κ3) is 3.60. The Balaban J connectivity index is 1.78. The highest BCUT2D eigenvalue weighted by Crippen LogP contribution is 2.40. The number of nitriles is 1. The molecule has 0 aliphatic heterocycles. The normalized spacial score (nSPS) is 15.0. The standard InChI is InChI=1S/C20H19N3O4/c1-27-18-9-4-14(12-17(18)23(25)26)19(24)22-16-7-5-15(6-8-16)20(13-21)10-2-3-11-20/h4-9,12H,2-3,10-11H2,1H3,(H,22,24). The summed E-state index contributed by atoms with van der Waals surface area (Å²) in [6.07, 6.45) is 3.79. The fourth-order valence-electron chi connectivity index (χ4n) is 3.49. The largest absolute Gasteiger partial charge is 0.490 e. The summed E-state index contributed by atoms with van der Waals surface area (Å²) in [6, 6.07) is 13.7. The van der Waals surface area contributed by atoms with Crippen LogP contribution in [0.5, 0.6) is 5.75 Å². The van der Waals surface area contributed by atoms with Gasteiger partial charge in [0.2, 0.25) is 0 Å². The van der Waals surface area contributed by atoms with Gasteiger partial charge in [-0.1, -0.05) is 25.0 Å². The molecule has 27 heavy (non-hydrogen) atoms. The van der Waals surface area contributed by atoms with Gasteiger partial charge in [-0.2, -0.15) is 5.26 Å². The molecule has 0 bridgehead atoms. The molecule has 1 amide bonds. The number of nitro benzene ring substituents is 1. The van der Waals surface area contributed by atoms with E-state index >= 15 is 0 Å². The Labute approximate surface area is 156 Å². The molecule has 0 spiro atoms. The van der Waals surface area contributed by atoms with Crippen molar-refractivity contribution in [3.8, 4) is 11.8 Å². The molecule has 1 aliphatic rings. The molecule has 0 heterocycles. The van der Waals surface area contributed by atoms with Crippen molar-refractivity contribution in [2.24, 2.45) is 0 Å². The molecule has 7 nitrogen and oxygen atoms in total. The smallest absolute Gasteiger partial charge is 0.311 e. The van der Waals surface area contributed by atoms with Gasteiger partial charge in [0.05, 0.1) is 23.5 Å². The van der Waals surface area contributed by atoms with Crippen molar-refractivity contribution >= 4 is 17.3 Å². The van der Waals surface area contributed by atoms with Gasteiger partial charge >= 0.3 is 5.69 Å². The summed E-state index contributed by atoms with van der Waals surface area (Å²) in [5, 5.41) is 23.4. The monoisotopic (exact) mass is 365 g/mol. The van der Waals surface area contributed by atoms with E-state index in [1.54, 1.807) is 12.1 Å². The number of carbonyl (C=O) groups is 1. The van der Waals surface area contributed by atoms with Crippen LogP contribution in [0.1, 0.15) is 41.6 Å². The lowest BCUT2D eigenvalue weighted by Gasteiger charge is -2.21. The first-order valence-corrected chi connectivity index (χ1v) is 8.65. The molecule has 7 heteroatoms. The van der Waals surface area contributed by atoms with E-state index in [0.29, 0.717) is 5.69 Å². The molecule has 0 saturated heterocycles. The number of nitrogens with zero attached hydrogens (tertiary/aromatic N) is 2. The Morgan fingerprint density at radius 3 is 2.44 bits per heavy atom. The van der Waals surface area contributed by atoms with Crippen LogP contribution in [0.25, 0.3) is 0 Å². The molecule has 138 valence electrons. The van der Waals surface area contributed by atoms with E-state index in [2.05, 4.69) is 11.4 Å². The van der Waals surface area contributed by atoms with Crippen LogP contribution < -0.4 is 10.1 Å². The van der Waals surface area contributed by atoms with E-state index in [4.69, 9.17) is 4.74 Å². The van der Waals surface area contributed by atoms with Crippen molar-refractivity contribution in [3.05, 3.63) is 63.7 Å². The average Bonchev–Trinajstić information content (AvgIpc) is 3.18. The second-order valence-electron chi connectivity index (χ2n) is 6.58. The molecule has 2 aromatic rings. The first-order chi connectivity index (χ1) is 13.0. The van der Waals surface area contributed by atoms with Crippen molar-refractivity contribution in [3.63, 3.8) is 0 Å². The van der Waals surface area contributed by atoms with E-state index in [0.717, 1.165) is 31.2 Å². The minimum absolute atomic E-state index is 0.0965. The Hall–Kier alpha value is -3.40. The first-order valence-electron chi connectivity index (χ1n) is 8.65. The Kier molecular flexibility index (Phi) is 5.08. The van der Waals surface area contributed by atoms with Gasteiger partial charge in [0.15, 0.2) is 5.75 Å². The van der Waals surface area contributed by atoms with Gasteiger partial charge in [0.25, 0.3) is 5.91 Å². The number of amides is 1. The van der Waals surface area contributed by atoms with Crippen molar-refractivity contribution in [1.29, 1.82) is 5.26 Å². The van der Waals surface area contributed by atoms with Crippen LogP contribution in [0.2, 0.25) is 0 Å². The number of nitro groups is 1. The van der Waals surface area contributed by atoms with Gasteiger partial charge in [-0.3, -0.25) is 14.9 Å². The SMILES string of the molecule is COc1ccc(C(=O)Nc2ccc(C3(C#N)CCCC3)cc2)cc1[N+](=O)[O-]. The summed E-state index contributed by atoms with van der Waals surface area (Å²) < 4.78 is 4.94. The predicted molar refractivity (Wildman–Crippen MR) is 99.8 cm³/mol. The van der Waals surface area contributed by atoms with Crippen LogP contribution >= 0.6 is 0 Å². The summed E-state index contributed by atoms with van der Waals surface area (Å²) in [7, 11) is 1.34. The number of hydrogen-bond acceptors (Lipinski definition) is 5. The highest BCUT2D eigenvalue weighted by molar-refractivity contribution is 6.04. The lowest BCUT2D eigenvalue weighted by Crippen LogP contribution is -2.19. The molecule has 1 saturated carbocycles. The molecule has 0 atom stereocenters. The van der Waals surface area contributed by atoms with Crippen LogP contribution in [0.3, 0.4) is 0 Å². The highest BCUT2D eigenvalue weighted by atomic mass is 16.6. The van der Waals surface area contributed by atoms with Gasteiger partial charge in [0, 0.05) is 17.3 Å². The summed E-state index contributed by atoms with van der Waals surface area (Å²) in [6.45, 7) is 0. The number of rotatable bonds is 5. The van der Waals surface area contributed by atoms with E-state index < -0.39 is 16.2 Å². The third-order valence-electron chi connectivity index (χ3n) is 5.00. The fraction of sp³-hybridized carbons (Fsp3) is 0.300. The second kappa shape index (κ2) is 7.46. The second-order valence-corrected chi connectivity index (χ2v) is 6.58. The number of methoxy groups -OCH3 is 1. The van der Waals surface area contributed by atoms with Crippen molar-refractivity contribution < 1.29 is 14.5 Å². The van der Waals surface area contributed by atoms with Crippen LogP contribution in [-0.4, -0.2) is 17.9 Å². The highest BCUT2D eigenvalue weighted by Gasteiger charge is 2.35. The molecular weight excluding hydrogens is 346 g/mol. The maximum absolute atomic E-state index is 12.4. The maximum Gasteiger partial charge on any atom is 0.311 e. The zero-order valence-electron chi connectivity index (χ0n) is 14.9. The maximum atomic E-state index is 12.4. The Morgan fingerprint density at radius 2 is 1.89 bits per heavy atom. The quantitative estimate of drug-likeness (QED) is 0.632. The zero-order valence-corrected chi connectivity index (χ0v) is 14.9. The number of nitrogens with one attached hydrogen (secondary N) is 1. The average molecular weight is 365 g/mol. The van der Waals surface area contributed by atoms with Gasteiger partial charge in [-0.25, -0.2) is 0 Å². The van der Waals surface area contributed by atoms with Crippen LogP contribution in [0.15, 0.2) is 42.5 Å². The molecule has 0 unspecified atom stereocenters. The van der Waals surface area contributed by atoms with Crippen molar-refractivity contribution in [2.75, 3.05) is 12.4 Å². The molecule has 1 N–H and O–H groups in total. The summed E-state index contributed by atoms with van der Waals surface area (Å²) in [5.41, 5.74) is 0.988. The van der Waals surface area contributed by atoms with Gasteiger partial charge < -0.3 is 10.1 Å². The Bertz CT molecular complexity index is 910. The zero-order chi connectivity index (χ0) is 19.4. The van der Waals surface area contributed by atoms with Gasteiger partial charge in [-0.15, -0.1) is 0 Å². The third-order valence-corrected chi connectivity index (χ3v) is 5.00. The minimum Gasteiger partial charge on any atom is -0.490 e. The lowest BCUT2D eigenvalue weighted by atomic mass is 9.80. The van der Waals surface area contributed by atoms with E-state index in [-0.39, 0.29) is 17.0 Å². The topological polar surface area (TPSA) is 105 Å². The number of carbonyl (C=O) groups excluding carboxylic acids is 1. The molecule has 2 aromatic carbocycles. The molecule has 0 aromatic heterocycles. The summed E-state index contributed by atoms with van der Waals surface area (Å²) >= 11 is 0. The van der Waals surface area contributed by atoms with Crippen molar-refractivity contribution in [1.82, 2.24) is 0 Å². The summed E-state index contributed by atoms with van der Waals surface area (Å²) in [4.78, 5) is 22.9. The van der Waals surface area contributed by atoms with E-state index in [9.17, 15) is 20.2 Å². The van der Waals surface area contributed by atoms with Crippen LogP contribution in [0, 0.1) is 21.4 Å². The minimum atomic E-state index is -0.590. The molecular formula is C20H19N3O4. The van der Waals surface area contributed by atoms with Crippen LogP contribution in [-0.2, 0) is 5.41 Å². The number of hydrogen-bond donors (Lipinski definition) is 1. The lowest BCUT2D eigenvalue weighted by molar-refractivity contribution is -0.385. The van der Waals surface area contributed by atoms with E-state index in [1.807, 2.05) is 12.1 Å².